The van der Waals surface area contributed by atoms with E-state index in [4.69, 9.17) is 5.10 Å². The maximum Gasteiger partial charge on any atom is 0.0934 e. The summed E-state index contributed by atoms with van der Waals surface area (Å²) in [6.07, 6.45) is 0. The average molecular weight is 246 g/mol. The molecule has 0 amide bonds. The Balaban J connectivity index is 2.32. The second-order valence-electron chi connectivity index (χ2n) is 5.16. The second kappa shape index (κ2) is 3.58. The lowest BCUT2D eigenvalue weighted by atomic mass is 10.1. The summed E-state index contributed by atoms with van der Waals surface area (Å²) in [6.45, 7) is 4.30. The summed E-state index contributed by atoms with van der Waals surface area (Å²) in [5.41, 5.74) is 6.00. The molecule has 4 rings (SSSR count). The third kappa shape index (κ3) is 1.40. The van der Waals surface area contributed by atoms with Gasteiger partial charge in [0.05, 0.1) is 16.6 Å². The molecule has 0 unspecified atom stereocenters. The minimum absolute atomic E-state index is 1.05. The third-order valence-corrected chi connectivity index (χ3v) is 3.77. The third-order valence-electron chi connectivity index (χ3n) is 3.77. The molecule has 2 aromatic carbocycles. The van der Waals surface area contributed by atoms with Gasteiger partial charge in [0.15, 0.2) is 0 Å². The molecule has 0 aliphatic carbocycles. The number of pyridine rings is 1. The number of nitrogens with zero attached hydrogens (tertiary/aromatic N) is 2. The second-order valence-corrected chi connectivity index (χ2v) is 5.16. The van der Waals surface area contributed by atoms with Crippen molar-refractivity contribution >= 4 is 27.3 Å². The van der Waals surface area contributed by atoms with Gasteiger partial charge < -0.3 is 0 Å². The summed E-state index contributed by atoms with van der Waals surface area (Å²) < 4.78 is 2.06. The van der Waals surface area contributed by atoms with E-state index in [1.54, 1.807) is 0 Å². The largest absolute Gasteiger partial charge is 0.232 e. The number of fused-ring (bicyclic) bond motifs is 5. The molecule has 0 fully saturated rings. The van der Waals surface area contributed by atoms with Gasteiger partial charge in [0.1, 0.15) is 0 Å². The van der Waals surface area contributed by atoms with E-state index in [0.29, 0.717) is 0 Å². The maximum atomic E-state index is 4.73. The molecule has 4 aromatic rings. The molecule has 2 aromatic heterocycles. The molecule has 0 atom stereocenters. The molecule has 0 saturated carbocycles. The van der Waals surface area contributed by atoms with Crippen LogP contribution in [0, 0.1) is 13.8 Å². The van der Waals surface area contributed by atoms with Crippen LogP contribution in [-0.4, -0.2) is 9.61 Å². The van der Waals surface area contributed by atoms with Crippen LogP contribution in [-0.2, 0) is 0 Å². The van der Waals surface area contributed by atoms with Gasteiger partial charge in [0.25, 0.3) is 0 Å². The molecule has 2 heterocycles. The van der Waals surface area contributed by atoms with Gasteiger partial charge in [-0.1, -0.05) is 29.8 Å². The average Bonchev–Trinajstić information content (AvgIpc) is 2.78. The van der Waals surface area contributed by atoms with Crippen molar-refractivity contribution in [3.63, 3.8) is 0 Å². The number of benzene rings is 2. The first-order valence-corrected chi connectivity index (χ1v) is 6.51. The van der Waals surface area contributed by atoms with Crippen LogP contribution in [0.1, 0.15) is 11.1 Å². The van der Waals surface area contributed by atoms with Crippen LogP contribution in [0.3, 0.4) is 0 Å². The molecule has 0 spiro atoms. The number of rotatable bonds is 0. The highest BCUT2D eigenvalue weighted by Gasteiger charge is 2.09. The molecular weight excluding hydrogens is 232 g/mol. The van der Waals surface area contributed by atoms with Crippen LogP contribution < -0.4 is 0 Å². The summed E-state index contributed by atoms with van der Waals surface area (Å²) in [6, 6.07) is 17.1. The summed E-state index contributed by atoms with van der Waals surface area (Å²) in [4.78, 5) is 0. The molecule has 2 heteroatoms. The van der Waals surface area contributed by atoms with Crippen LogP contribution in [0.5, 0.6) is 0 Å². The standard InChI is InChI=1S/C17H14N2/c1-11-7-8-16-14(9-11)12(2)10-17-13-5-3-4-6-15(13)18-19(16)17/h3-10H,1-2H3. The first-order valence-electron chi connectivity index (χ1n) is 6.51. The summed E-state index contributed by atoms with van der Waals surface area (Å²) in [7, 11) is 0. The van der Waals surface area contributed by atoms with Crippen molar-refractivity contribution in [3.05, 3.63) is 59.7 Å². The van der Waals surface area contributed by atoms with Crippen molar-refractivity contribution in [1.82, 2.24) is 9.61 Å². The molecule has 0 aliphatic rings. The Kier molecular flexibility index (Phi) is 1.99. The van der Waals surface area contributed by atoms with Gasteiger partial charge in [-0.3, -0.25) is 0 Å². The Morgan fingerprint density at radius 3 is 2.58 bits per heavy atom. The van der Waals surface area contributed by atoms with E-state index in [0.717, 1.165) is 5.52 Å². The molecule has 0 saturated heterocycles. The highest BCUT2D eigenvalue weighted by molar-refractivity contribution is 5.99. The van der Waals surface area contributed by atoms with Gasteiger partial charge in [-0.05, 0) is 43.7 Å². The Morgan fingerprint density at radius 1 is 0.842 bits per heavy atom. The van der Waals surface area contributed by atoms with E-state index in [9.17, 15) is 0 Å². The lowest BCUT2D eigenvalue weighted by molar-refractivity contribution is 1.02. The fourth-order valence-corrected chi connectivity index (χ4v) is 2.81. The van der Waals surface area contributed by atoms with Crippen molar-refractivity contribution in [3.8, 4) is 0 Å². The molecule has 92 valence electrons. The Hall–Kier alpha value is -2.35. The summed E-state index contributed by atoms with van der Waals surface area (Å²) in [5.74, 6) is 0. The monoisotopic (exact) mass is 246 g/mol. The molecule has 2 nitrogen and oxygen atoms in total. The van der Waals surface area contributed by atoms with E-state index in [-0.39, 0.29) is 0 Å². The summed E-state index contributed by atoms with van der Waals surface area (Å²) in [5, 5.41) is 7.22. The smallest absolute Gasteiger partial charge is 0.0934 e. The minimum atomic E-state index is 1.05. The van der Waals surface area contributed by atoms with Crippen LogP contribution in [0.2, 0.25) is 0 Å². The van der Waals surface area contributed by atoms with E-state index < -0.39 is 0 Å². The van der Waals surface area contributed by atoms with E-state index in [1.807, 2.05) is 6.07 Å². The first kappa shape index (κ1) is 10.6. The van der Waals surface area contributed by atoms with Crippen LogP contribution in [0.4, 0.5) is 0 Å². The van der Waals surface area contributed by atoms with Gasteiger partial charge >= 0.3 is 0 Å². The normalized spacial score (nSPS) is 11.7. The van der Waals surface area contributed by atoms with Crippen LogP contribution in [0.15, 0.2) is 48.5 Å². The van der Waals surface area contributed by atoms with Crippen LogP contribution >= 0.6 is 0 Å². The lowest BCUT2D eigenvalue weighted by Gasteiger charge is -2.06. The van der Waals surface area contributed by atoms with Crippen molar-refractivity contribution in [1.29, 1.82) is 0 Å². The van der Waals surface area contributed by atoms with Gasteiger partial charge in [0, 0.05) is 10.8 Å². The summed E-state index contributed by atoms with van der Waals surface area (Å²) >= 11 is 0. The molecular formula is C17H14N2. The molecule has 0 N–H and O–H groups in total. The Bertz CT molecular complexity index is 932. The Labute approximate surface area is 111 Å². The van der Waals surface area contributed by atoms with Gasteiger partial charge in [-0.2, -0.15) is 5.10 Å². The predicted molar refractivity (Wildman–Crippen MR) is 79.7 cm³/mol. The van der Waals surface area contributed by atoms with Gasteiger partial charge in [0.2, 0.25) is 0 Å². The highest BCUT2D eigenvalue weighted by Crippen LogP contribution is 2.27. The number of aryl methyl sites for hydroxylation is 2. The van der Waals surface area contributed by atoms with Crippen molar-refractivity contribution < 1.29 is 0 Å². The van der Waals surface area contributed by atoms with Crippen LogP contribution in [0.25, 0.3) is 27.3 Å². The zero-order valence-electron chi connectivity index (χ0n) is 11.0. The zero-order chi connectivity index (χ0) is 13.0. The number of hydrogen-bond donors (Lipinski definition) is 0. The van der Waals surface area contributed by atoms with E-state index >= 15 is 0 Å². The van der Waals surface area contributed by atoms with Gasteiger partial charge in [-0.15, -0.1) is 0 Å². The predicted octanol–water partition coefficient (Wildman–Crippen LogP) is 4.26. The van der Waals surface area contributed by atoms with E-state index in [2.05, 4.69) is 60.8 Å². The van der Waals surface area contributed by atoms with Gasteiger partial charge in [-0.25, -0.2) is 4.52 Å². The first-order chi connectivity index (χ1) is 9.24. The van der Waals surface area contributed by atoms with E-state index in [1.165, 1.54) is 32.9 Å². The topological polar surface area (TPSA) is 17.3 Å². The number of aromatic nitrogens is 2. The molecule has 19 heavy (non-hydrogen) atoms. The fraction of sp³-hybridized carbons (Fsp3) is 0.118. The highest BCUT2D eigenvalue weighted by atomic mass is 15.2. The molecule has 0 bridgehead atoms. The zero-order valence-corrected chi connectivity index (χ0v) is 11.0. The quantitative estimate of drug-likeness (QED) is 0.453. The van der Waals surface area contributed by atoms with Crippen molar-refractivity contribution in [2.45, 2.75) is 13.8 Å². The fourth-order valence-electron chi connectivity index (χ4n) is 2.81. The molecule has 0 radical (unpaired) electrons. The SMILES string of the molecule is Cc1ccc2c(c1)c(C)cc1c3ccccc3nn21. The minimum Gasteiger partial charge on any atom is -0.232 e. The number of hydrogen-bond acceptors (Lipinski definition) is 1. The van der Waals surface area contributed by atoms with Crippen molar-refractivity contribution in [2.75, 3.05) is 0 Å². The maximum absolute atomic E-state index is 4.73. The lowest BCUT2D eigenvalue weighted by Crippen LogP contribution is -1.92. The van der Waals surface area contributed by atoms with Crippen molar-refractivity contribution in [2.24, 2.45) is 0 Å². The molecule has 0 aliphatic heterocycles. The Morgan fingerprint density at radius 2 is 1.68 bits per heavy atom.